The summed E-state index contributed by atoms with van der Waals surface area (Å²) in [7, 11) is 1.67. The molecule has 1 N–H and O–H groups in total. The SMILES string of the molecule is COc1c(C)c(C)cc(C)c1CNC(=O)CCS. The van der Waals surface area contributed by atoms with E-state index in [2.05, 4.69) is 30.9 Å². The van der Waals surface area contributed by atoms with Crippen LogP contribution in [0.2, 0.25) is 0 Å². The molecule has 0 radical (unpaired) electrons. The van der Waals surface area contributed by atoms with Gasteiger partial charge < -0.3 is 10.1 Å². The zero-order chi connectivity index (χ0) is 13.7. The van der Waals surface area contributed by atoms with Crippen molar-refractivity contribution in [3.05, 3.63) is 28.3 Å². The molecule has 1 amide bonds. The van der Waals surface area contributed by atoms with Gasteiger partial charge >= 0.3 is 0 Å². The van der Waals surface area contributed by atoms with Gasteiger partial charge in [0.05, 0.1) is 7.11 Å². The Morgan fingerprint density at radius 2 is 2.00 bits per heavy atom. The Balaban J connectivity index is 2.94. The average Bonchev–Trinajstić information content (AvgIpc) is 2.32. The van der Waals surface area contributed by atoms with Gasteiger partial charge in [0.25, 0.3) is 0 Å². The fourth-order valence-corrected chi connectivity index (χ4v) is 2.18. The summed E-state index contributed by atoms with van der Waals surface area (Å²) in [5.41, 5.74) is 4.52. The molecule has 0 aromatic heterocycles. The lowest BCUT2D eigenvalue weighted by Gasteiger charge is -2.17. The molecule has 1 rings (SSSR count). The van der Waals surface area contributed by atoms with Crippen molar-refractivity contribution in [1.29, 1.82) is 0 Å². The molecule has 0 aliphatic carbocycles. The van der Waals surface area contributed by atoms with Crippen LogP contribution in [-0.2, 0) is 11.3 Å². The smallest absolute Gasteiger partial charge is 0.221 e. The van der Waals surface area contributed by atoms with E-state index in [1.165, 1.54) is 5.56 Å². The van der Waals surface area contributed by atoms with E-state index in [0.29, 0.717) is 18.7 Å². The van der Waals surface area contributed by atoms with Gasteiger partial charge in [-0.3, -0.25) is 4.79 Å². The number of nitrogens with one attached hydrogen (secondary N) is 1. The summed E-state index contributed by atoms with van der Waals surface area (Å²) in [4.78, 5) is 11.5. The highest BCUT2D eigenvalue weighted by Gasteiger charge is 2.12. The fraction of sp³-hybridized carbons (Fsp3) is 0.500. The molecule has 4 heteroatoms. The van der Waals surface area contributed by atoms with Gasteiger partial charge in [-0.1, -0.05) is 6.07 Å². The number of carbonyl (C=O) groups is 1. The Bertz CT molecular complexity index is 444. The molecule has 100 valence electrons. The first-order chi connectivity index (χ1) is 8.51. The second-order valence-corrected chi connectivity index (χ2v) is 4.84. The highest BCUT2D eigenvalue weighted by Crippen LogP contribution is 2.29. The largest absolute Gasteiger partial charge is 0.496 e. The first kappa shape index (κ1) is 14.9. The van der Waals surface area contributed by atoms with Crippen LogP contribution in [0.1, 0.15) is 28.7 Å². The van der Waals surface area contributed by atoms with Gasteiger partial charge in [-0.15, -0.1) is 0 Å². The van der Waals surface area contributed by atoms with Crippen molar-refractivity contribution < 1.29 is 9.53 Å². The lowest BCUT2D eigenvalue weighted by Crippen LogP contribution is -2.23. The maximum Gasteiger partial charge on any atom is 0.221 e. The van der Waals surface area contributed by atoms with Crippen LogP contribution in [0.15, 0.2) is 6.07 Å². The van der Waals surface area contributed by atoms with Crippen molar-refractivity contribution in [2.45, 2.75) is 33.7 Å². The van der Waals surface area contributed by atoms with Gasteiger partial charge in [0.2, 0.25) is 5.91 Å². The van der Waals surface area contributed by atoms with Crippen LogP contribution in [0.25, 0.3) is 0 Å². The first-order valence-corrected chi connectivity index (χ1v) is 6.65. The molecule has 0 spiro atoms. The standard InChI is InChI=1S/C14H21NO2S/c1-9-7-10(2)12(14(17-4)11(9)3)8-15-13(16)5-6-18/h7,18H,5-6,8H2,1-4H3,(H,15,16). The Morgan fingerprint density at radius 1 is 1.33 bits per heavy atom. The third-order valence-electron chi connectivity index (χ3n) is 3.12. The van der Waals surface area contributed by atoms with Crippen LogP contribution in [0.3, 0.4) is 0 Å². The molecule has 0 bridgehead atoms. The molecule has 0 saturated heterocycles. The molecule has 0 aliphatic heterocycles. The molecule has 1 aromatic carbocycles. The lowest BCUT2D eigenvalue weighted by molar-refractivity contribution is -0.120. The molecule has 0 aliphatic rings. The number of hydrogen-bond acceptors (Lipinski definition) is 3. The number of amides is 1. The lowest BCUT2D eigenvalue weighted by atomic mass is 9.99. The maximum absolute atomic E-state index is 11.5. The molecule has 0 unspecified atom stereocenters. The van der Waals surface area contributed by atoms with E-state index >= 15 is 0 Å². The second-order valence-electron chi connectivity index (χ2n) is 4.40. The number of thiol groups is 1. The Kier molecular flexibility index (Phi) is 5.54. The Hall–Kier alpha value is -1.16. The fourth-order valence-electron chi connectivity index (χ4n) is 1.98. The van der Waals surface area contributed by atoms with Crippen molar-refractivity contribution in [3.8, 4) is 5.75 Å². The van der Waals surface area contributed by atoms with Gasteiger partial charge in [0.15, 0.2) is 0 Å². The minimum atomic E-state index is 0.0182. The minimum absolute atomic E-state index is 0.0182. The van der Waals surface area contributed by atoms with E-state index in [4.69, 9.17) is 4.74 Å². The van der Waals surface area contributed by atoms with Crippen molar-refractivity contribution in [3.63, 3.8) is 0 Å². The number of benzene rings is 1. The van der Waals surface area contributed by atoms with Crippen LogP contribution >= 0.6 is 12.6 Å². The van der Waals surface area contributed by atoms with Gasteiger partial charge in [-0.25, -0.2) is 0 Å². The van der Waals surface area contributed by atoms with Crippen molar-refractivity contribution in [2.24, 2.45) is 0 Å². The third-order valence-corrected chi connectivity index (χ3v) is 3.34. The van der Waals surface area contributed by atoms with Crippen LogP contribution in [0.5, 0.6) is 5.75 Å². The van der Waals surface area contributed by atoms with Gasteiger partial charge in [-0.05, 0) is 43.2 Å². The monoisotopic (exact) mass is 267 g/mol. The summed E-state index contributed by atoms with van der Waals surface area (Å²) in [6.45, 7) is 6.64. The maximum atomic E-state index is 11.5. The van der Waals surface area contributed by atoms with E-state index in [1.54, 1.807) is 7.11 Å². The molecule has 1 aromatic rings. The summed E-state index contributed by atoms with van der Waals surface area (Å²) in [6.07, 6.45) is 0.440. The predicted molar refractivity (Wildman–Crippen MR) is 77.5 cm³/mol. The van der Waals surface area contributed by atoms with E-state index in [-0.39, 0.29) is 5.91 Å². The molecule has 0 heterocycles. The van der Waals surface area contributed by atoms with Crippen LogP contribution < -0.4 is 10.1 Å². The van der Waals surface area contributed by atoms with Crippen LogP contribution in [0, 0.1) is 20.8 Å². The van der Waals surface area contributed by atoms with Gasteiger partial charge in [0.1, 0.15) is 5.75 Å². The summed E-state index contributed by atoms with van der Waals surface area (Å²) < 4.78 is 5.46. The number of hydrogen-bond donors (Lipinski definition) is 2. The van der Waals surface area contributed by atoms with Crippen LogP contribution in [-0.4, -0.2) is 18.8 Å². The number of ether oxygens (including phenoxy) is 1. The third kappa shape index (κ3) is 3.42. The average molecular weight is 267 g/mol. The Morgan fingerprint density at radius 3 is 2.56 bits per heavy atom. The molecule has 0 atom stereocenters. The highest BCUT2D eigenvalue weighted by molar-refractivity contribution is 7.80. The summed E-state index contributed by atoms with van der Waals surface area (Å²) in [5, 5.41) is 2.89. The van der Waals surface area contributed by atoms with Crippen molar-refractivity contribution >= 4 is 18.5 Å². The van der Waals surface area contributed by atoms with E-state index in [9.17, 15) is 4.79 Å². The number of rotatable bonds is 5. The van der Waals surface area contributed by atoms with E-state index < -0.39 is 0 Å². The second kappa shape index (κ2) is 6.69. The predicted octanol–water partition coefficient (Wildman–Crippen LogP) is 2.56. The molecule has 18 heavy (non-hydrogen) atoms. The zero-order valence-corrected chi connectivity index (χ0v) is 12.4. The first-order valence-electron chi connectivity index (χ1n) is 6.02. The number of aryl methyl sites for hydroxylation is 2. The highest BCUT2D eigenvalue weighted by atomic mass is 32.1. The van der Waals surface area contributed by atoms with E-state index in [0.717, 1.165) is 22.4 Å². The van der Waals surface area contributed by atoms with Gasteiger partial charge in [-0.2, -0.15) is 12.6 Å². The molecule has 3 nitrogen and oxygen atoms in total. The van der Waals surface area contributed by atoms with Crippen molar-refractivity contribution in [1.82, 2.24) is 5.32 Å². The molecular formula is C14H21NO2S. The minimum Gasteiger partial charge on any atom is -0.496 e. The quantitative estimate of drug-likeness (QED) is 0.805. The topological polar surface area (TPSA) is 38.3 Å². The zero-order valence-electron chi connectivity index (χ0n) is 11.5. The van der Waals surface area contributed by atoms with E-state index in [1.807, 2.05) is 13.8 Å². The normalized spacial score (nSPS) is 10.3. The number of carbonyl (C=O) groups excluding carboxylic acids is 1. The summed E-state index contributed by atoms with van der Waals surface area (Å²) in [6, 6.07) is 2.12. The van der Waals surface area contributed by atoms with Crippen LogP contribution in [0.4, 0.5) is 0 Å². The summed E-state index contributed by atoms with van der Waals surface area (Å²) in [5.74, 6) is 1.46. The summed E-state index contributed by atoms with van der Waals surface area (Å²) >= 11 is 4.04. The Labute approximate surface area is 114 Å². The molecule has 0 saturated carbocycles. The molecular weight excluding hydrogens is 246 g/mol. The number of methoxy groups -OCH3 is 1. The van der Waals surface area contributed by atoms with Crippen molar-refractivity contribution in [2.75, 3.05) is 12.9 Å². The van der Waals surface area contributed by atoms with Gasteiger partial charge in [0, 0.05) is 18.5 Å². The molecule has 0 fully saturated rings.